The first-order chi connectivity index (χ1) is 7.25. The zero-order chi connectivity index (χ0) is 10.4. The largest absolute Gasteiger partial charge is 0.383 e. The Morgan fingerprint density at radius 2 is 2.00 bits per heavy atom. The van der Waals surface area contributed by atoms with Crippen molar-refractivity contribution in [2.24, 2.45) is 10.7 Å². The van der Waals surface area contributed by atoms with Gasteiger partial charge < -0.3 is 5.73 Å². The summed E-state index contributed by atoms with van der Waals surface area (Å²) in [5.41, 5.74) is 8.30. The van der Waals surface area contributed by atoms with Crippen LogP contribution in [-0.4, -0.2) is 11.7 Å². The van der Waals surface area contributed by atoms with Crippen molar-refractivity contribution in [3.63, 3.8) is 0 Å². The average molecular weight is 220 g/mol. The number of amides is 1. The number of nitrogens with zero attached hydrogens (tertiary/aromatic N) is 1. The lowest BCUT2D eigenvalue weighted by atomic mass is 9.93. The van der Waals surface area contributed by atoms with E-state index in [0.29, 0.717) is 12.3 Å². The summed E-state index contributed by atoms with van der Waals surface area (Å²) in [4.78, 5) is 17.7. The minimum Gasteiger partial charge on any atom is -0.383 e. The molecule has 1 amide bonds. The maximum absolute atomic E-state index is 11.3. The number of carbonyl (C=O) groups is 1. The molecular weight excluding hydrogens is 208 g/mol. The van der Waals surface area contributed by atoms with Gasteiger partial charge in [-0.05, 0) is 31.2 Å². The summed E-state index contributed by atoms with van der Waals surface area (Å²) < 4.78 is 0. The van der Waals surface area contributed by atoms with Gasteiger partial charge in [0.05, 0.1) is 6.42 Å². The van der Waals surface area contributed by atoms with Crippen molar-refractivity contribution in [2.45, 2.75) is 32.1 Å². The van der Waals surface area contributed by atoms with Gasteiger partial charge in [0.15, 0.2) is 0 Å². The van der Waals surface area contributed by atoms with Gasteiger partial charge in [-0.3, -0.25) is 4.79 Å². The molecule has 0 atom stereocenters. The van der Waals surface area contributed by atoms with Gasteiger partial charge in [-0.25, -0.2) is 0 Å². The summed E-state index contributed by atoms with van der Waals surface area (Å²) in [6.45, 7) is 0. The maximum Gasteiger partial charge on any atom is 0.252 e. The third-order valence-corrected chi connectivity index (χ3v) is 4.35. The van der Waals surface area contributed by atoms with E-state index in [2.05, 4.69) is 4.99 Å². The molecule has 3 rings (SSSR count). The van der Waals surface area contributed by atoms with Gasteiger partial charge in [0.25, 0.3) is 5.91 Å². The Kier molecular flexibility index (Phi) is 1.92. The van der Waals surface area contributed by atoms with Crippen molar-refractivity contribution in [3.8, 4) is 0 Å². The van der Waals surface area contributed by atoms with E-state index < -0.39 is 0 Å². The Hall–Kier alpha value is -1.16. The molecule has 0 radical (unpaired) electrons. The standard InChI is InChI=1S/C11H12N2OS/c12-11-10-6-3-1-2-4-7(6)15-8(10)5-9(14)13-11/h1-5H2,(H2,12,13,14). The van der Waals surface area contributed by atoms with Crippen LogP contribution in [0, 0.1) is 0 Å². The lowest BCUT2D eigenvalue weighted by Crippen LogP contribution is -2.23. The van der Waals surface area contributed by atoms with E-state index in [1.807, 2.05) is 0 Å². The van der Waals surface area contributed by atoms with Gasteiger partial charge >= 0.3 is 0 Å². The van der Waals surface area contributed by atoms with Crippen LogP contribution in [0.25, 0.3) is 0 Å². The van der Waals surface area contributed by atoms with Crippen molar-refractivity contribution < 1.29 is 4.79 Å². The Bertz CT molecular complexity index is 473. The summed E-state index contributed by atoms with van der Waals surface area (Å²) in [5, 5.41) is 0. The molecule has 0 spiro atoms. The molecule has 1 aromatic heterocycles. The highest BCUT2D eigenvalue weighted by atomic mass is 32.1. The molecule has 4 heteroatoms. The highest BCUT2D eigenvalue weighted by Gasteiger charge is 2.26. The van der Waals surface area contributed by atoms with Gasteiger partial charge in [0, 0.05) is 15.3 Å². The van der Waals surface area contributed by atoms with Gasteiger partial charge in [-0.2, -0.15) is 4.99 Å². The van der Waals surface area contributed by atoms with Crippen LogP contribution in [0.3, 0.4) is 0 Å². The van der Waals surface area contributed by atoms with Gasteiger partial charge in [0.2, 0.25) is 0 Å². The van der Waals surface area contributed by atoms with Crippen LogP contribution in [0.4, 0.5) is 0 Å². The highest BCUT2D eigenvalue weighted by molar-refractivity contribution is 7.12. The zero-order valence-corrected chi connectivity index (χ0v) is 9.19. The van der Waals surface area contributed by atoms with Crippen molar-refractivity contribution in [1.29, 1.82) is 0 Å². The van der Waals surface area contributed by atoms with E-state index >= 15 is 0 Å². The van der Waals surface area contributed by atoms with Crippen LogP contribution in [0.5, 0.6) is 0 Å². The molecule has 0 bridgehead atoms. The molecule has 1 aromatic rings. The van der Waals surface area contributed by atoms with E-state index in [0.717, 1.165) is 23.3 Å². The lowest BCUT2D eigenvalue weighted by molar-refractivity contribution is -0.117. The normalized spacial score (nSPS) is 19.5. The van der Waals surface area contributed by atoms with Crippen LogP contribution < -0.4 is 5.73 Å². The molecule has 2 N–H and O–H groups in total. The maximum atomic E-state index is 11.3. The van der Waals surface area contributed by atoms with Crippen molar-refractivity contribution >= 4 is 23.1 Å². The molecule has 15 heavy (non-hydrogen) atoms. The first-order valence-corrected chi connectivity index (χ1v) is 6.08. The number of hydrogen-bond acceptors (Lipinski definition) is 3. The summed E-state index contributed by atoms with van der Waals surface area (Å²) in [7, 11) is 0. The smallest absolute Gasteiger partial charge is 0.252 e. The quantitative estimate of drug-likeness (QED) is 0.718. The molecule has 1 aliphatic heterocycles. The Balaban J connectivity index is 2.19. The second-order valence-corrected chi connectivity index (χ2v) is 5.27. The first-order valence-electron chi connectivity index (χ1n) is 5.26. The molecule has 3 nitrogen and oxygen atoms in total. The van der Waals surface area contributed by atoms with Crippen LogP contribution in [0.2, 0.25) is 0 Å². The van der Waals surface area contributed by atoms with Crippen LogP contribution in [-0.2, 0) is 24.1 Å². The van der Waals surface area contributed by atoms with Gasteiger partial charge in [-0.15, -0.1) is 11.3 Å². The van der Waals surface area contributed by atoms with Crippen molar-refractivity contribution in [2.75, 3.05) is 0 Å². The number of aliphatic imine (C=N–C) groups is 1. The Labute approximate surface area is 92.0 Å². The fraction of sp³-hybridized carbons (Fsp3) is 0.455. The highest BCUT2D eigenvalue weighted by Crippen LogP contribution is 2.36. The van der Waals surface area contributed by atoms with Gasteiger partial charge in [0.1, 0.15) is 5.84 Å². The number of fused-ring (bicyclic) bond motifs is 3. The van der Waals surface area contributed by atoms with E-state index in [9.17, 15) is 4.79 Å². The van der Waals surface area contributed by atoms with Crippen molar-refractivity contribution in [1.82, 2.24) is 0 Å². The number of carbonyl (C=O) groups excluding carboxylic acids is 1. The SMILES string of the molecule is NC1=NC(=O)Cc2sc3c(c21)CCCC3. The monoisotopic (exact) mass is 220 g/mol. The van der Waals surface area contributed by atoms with E-state index in [1.54, 1.807) is 11.3 Å². The molecule has 0 saturated heterocycles. The van der Waals surface area contributed by atoms with E-state index in [-0.39, 0.29) is 5.91 Å². The molecule has 0 unspecified atom stereocenters. The van der Waals surface area contributed by atoms with Crippen LogP contribution in [0.15, 0.2) is 4.99 Å². The summed E-state index contributed by atoms with van der Waals surface area (Å²) >= 11 is 1.76. The summed E-state index contributed by atoms with van der Waals surface area (Å²) in [6.07, 6.45) is 5.20. The second kappa shape index (κ2) is 3.17. The second-order valence-electron chi connectivity index (χ2n) is 4.08. The fourth-order valence-corrected chi connectivity index (χ4v) is 3.81. The molecule has 1 aliphatic carbocycles. The van der Waals surface area contributed by atoms with E-state index in [4.69, 9.17) is 5.73 Å². The average Bonchev–Trinajstić information content (AvgIpc) is 2.54. The predicted octanol–water partition coefficient (Wildman–Crippen LogP) is 1.41. The van der Waals surface area contributed by atoms with E-state index in [1.165, 1.54) is 23.3 Å². The number of nitrogens with two attached hydrogens (primary N) is 1. The number of amidine groups is 1. The number of thiophene rings is 1. The van der Waals surface area contributed by atoms with Gasteiger partial charge in [-0.1, -0.05) is 0 Å². The zero-order valence-electron chi connectivity index (χ0n) is 8.38. The topological polar surface area (TPSA) is 55.4 Å². The third-order valence-electron chi connectivity index (χ3n) is 3.06. The van der Waals surface area contributed by atoms with Crippen LogP contribution in [0.1, 0.15) is 33.7 Å². The molecule has 0 fully saturated rings. The molecule has 78 valence electrons. The Morgan fingerprint density at radius 1 is 1.20 bits per heavy atom. The number of rotatable bonds is 0. The predicted molar refractivity (Wildman–Crippen MR) is 60.4 cm³/mol. The lowest BCUT2D eigenvalue weighted by Gasteiger charge is -2.14. The summed E-state index contributed by atoms with van der Waals surface area (Å²) in [5.74, 6) is 0.347. The summed E-state index contributed by atoms with van der Waals surface area (Å²) in [6, 6.07) is 0. The molecular formula is C11H12N2OS. The molecule has 0 aromatic carbocycles. The molecule has 2 heterocycles. The molecule has 2 aliphatic rings. The van der Waals surface area contributed by atoms with Crippen molar-refractivity contribution in [3.05, 3.63) is 20.9 Å². The first kappa shape index (κ1) is 9.09. The number of hydrogen-bond donors (Lipinski definition) is 1. The minimum absolute atomic E-state index is 0.0985. The Morgan fingerprint density at radius 3 is 2.87 bits per heavy atom. The molecule has 0 saturated carbocycles. The fourth-order valence-electron chi connectivity index (χ4n) is 2.41. The minimum atomic E-state index is -0.0985. The van der Waals surface area contributed by atoms with Crippen LogP contribution >= 0.6 is 11.3 Å². The third kappa shape index (κ3) is 1.32. The number of aryl methyl sites for hydroxylation is 1.